The molecule has 0 saturated carbocycles. The molecule has 1 fully saturated rings. The first-order valence-corrected chi connectivity index (χ1v) is 6.52. The molecule has 0 unspecified atom stereocenters. The van der Waals surface area contributed by atoms with E-state index in [1.54, 1.807) is 0 Å². The van der Waals surface area contributed by atoms with Crippen molar-refractivity contribution in [3.05, 3.63) is 0 Å². The molecule has 1 aliphatic heterocycles. The van der Waals surface area contributed by atoms with Crippen molar-refractivity contribution in [2.75, 3.05) is 59.1 Å². The molecule has 1 heterocycles. The SMILES string of the molecule is CN(C)CCN1CCN(C(=O)CCS)CC1. The summed E-state index contributed by atoms with van der Waals surface area (Å²) in [5.74, 6) is 0.905. The van der Waals surface area contributed by atoms with Gasteiger partial charge in [-0.1, -0.05) is 0 Å². The highest BCUT2D eigenvalue weighted by atomic mass is 32.1. The summed E-state index contributed by atoms with van der Waals surface area (Å²) in [5, 5.41) is 0. The fourth-order valence-corrected chi connectivity index (χ4v) is 2.01. The Balaban J connectivity index is 2.20. The number of carbonyl (C=O) groups excluding carboxylic acids is 1. The topological polar surface area (TPSA) is 26.8 Å². The molecule has 5 heteroatoms. The van der Waals surface area contributed by atoms with Crippen LogP contribution in [0.3, 0.4) is 0 Å². The second-order valence-corrected chi connectivity index (χ2v) is 4.95. The molecular weight excluding hydrogens is 222 g/mol. The Kier molecular flexibility index (Phi) is 6.16. The minimum Gasteiger partial charge on any atom is -0.340 e. The first-order valence-electron chi connectivity index (χ1n) is 5.89. The van der Waals surface area contributed by atoms with Crippen molar-refractivity contribution >= 4 is 18.5 Å². The van der Waals surface area contributed by atoms with E-state index in [-0.39, 0.29) is 5.91 Å². The van der Waals surface area contributed by atoms with Crippen molar-refractivity contribution in [2.45, 2.75) is 6.42 Å². The van der Waals surface area contributed by atoms with E-state index in [0.717, 1.165) is 39.3 Å². The summed E-state index contributed by atoms with van der Waals surface area (Å²) in [6.45, 7) is 5.95. The van der Waals surface area contributed by atoms with E-state index in [0.29, 0.717) is 12.2 Å². The third-order valence-corrected chi connectivity index (χ3v) is 3.14. The Morgan fingerprint density at radius 3 is 2.38 bits per heavy atom. The number of piperazine rings is 1. The van der Waals surface area contributed by atoms with Gasteiger partial charge in [0.2, 0.25) is 5.91 Å². The number of carbonyl (C=O) groups is 1. The van der Waals surface area contributed by atoms with Crippen molar-refractivity contribution in [3.8, 4) is 0 Å². The highest BCUT2D eigenvalue weighted by molar-refractivity contribution is 7.80. The quantitative estimate of drug-likeness (QED) is 0.692. The van der Waals surface area contributed by atoms with Crippen LogP contribution in [0.4, 0.5) is 0 Å². The number of rotatable bonds is 5. The number of hydrogen-bond acceptors (Lipinski definition) is 4. The van der Waals surface area contributed by atoms with Gasteiger partial charge in [0.1, 0.15) is 0 Å². The summed E-state index contributed by atoms with van der Waals surface area (Å²) in [4.78, 5) is 18.2. The van der Waals surface area contributed by atoms with Gasteiger partial charge in [0, 0.05) is 45.7 Å². The molecule has 94 valence electrons. The van der Waals surface area contributed by atoms with E-state index in [1.807, 2.05) is 4.90 Å². The maximum absolute atomic E-state index is 11.6. The van der Waals surface area contributed by atoms with Crippen molar-refractivity contribution in [1.29, 1.82) is 0 Å². The molecule has 0 aromatic heterocycles. The van der Waals surface area contributed by atoms with Crippen molar-refractivity contribution in [2.24, 2.45) is 0 Å². The van der Waals surface area contributed by atoms with E-state index in [1.165, 1.54) is 0 Å². The molecule has 0 radical (unpaired) electrons. The molecule has 1 aliphatic rings. The van der Waals surface area contributed by atoms with Crippen LogP contribution in [0.2, 0.25) is 0 Å². The van der Waals surface area contributed by atoms with E-state index in [4.69, 9.17) is 0 Å². The number of hydrogen-bond donors (Lipinski definition) is 1. The lowest BCUT2D eigenvalue weighted by Crippen LogP contribution is -2.50. The van der Waals surface area contributed by atoms with Crippen LogP contribution in [0.1, 0.15) is 6.42 Å². The van der Waals surface area contributed by atoms with Gasteiger partial charge < -0.3 is 9.80 Å². The molecule has 0 atom stereocenters. The van der Waals surface area contributed by atoms with Gasteiger partial charge in [0.25, 0.3) is 0 Å². The van der Waals surface area contributed by atoms with Crippen LogP contribution in [0.15, 0.2) is 0 Å². The van der Waals surface area contributed by atoms with Crippen LogP contribution in [-0.4, -0.2) is 79.7 Å². The predicted octanol–water partition coefficient (Wildman–Crippen LogP) is 0.0121. The second kappa shape index (κ2) is 7.14. The Bertz CT molecular complexity index is 215. The summed E-state index contributed by atoms with van der Waals surface area (Å²) in [5.41, 5.74) is 0. The summed E-state index contributed by atoms with van der Waals surface area (Å²) in [6, 6.07) is 0. The van der Waals surface area contributed by atoms with Gasteiger partial charge in [0.15, 0.2) is 0 Å². The fraction of sp³-hybridized carbons (Fsp3) is 0.909. The Morgan fingerprint density at radius 2 is 1.88 bits per heavy atom. The monoisotopic (exact) mass is 245 g/mol. The standard InChI is InChI=1S/C11H23N3OS/c1-12(2)4-5-13-6-8-14(9-7-13)11(15)3-10-16/h16H,3-10H2,1-2H3. The molecule has 0 aliphatic carbocycles. The molecule has 0 N–H and O–H groups in total. The van der Waals surface area contributed by atoms with Crippen molar-refractivity contribution in [3.63, 3.8) is 0 Å². The first-order chi connectivity index (χ1) is 7.63. The molecule has 16 heavy (non-hydrogen) atoms. The molecule has 4 nitrogen and oxygen atoms in total. The van der Waals surface area contributed by atoms with Crippen LogP contribution in [-0.2, 0) is 4.79 Å². The lowest BCUT2D eigenvalue weighted by molar-refractivity contribution is -0.132. The van der Waals surface area contributed by atoms with Gasteiger partial charge in [-0.25, -0.2) is 0 Å². The van der Waals surface area contributed by atoms with Crippen LogP contribution >= 0.6 is 12.6 Å². The van der Waals surface area contributed by atoms with Gasteiger partial charge in [-0.15, -0.1) is 0 Å². The molecular formula is C11H23N3OS. The highest BCUT2D eigenvalue weighted by Crippen LogP contribution is 2.04. The lowest BCUT2D eigenvalue weighted by Gasteiger charge is -2.35. The zero-order valence-corrected chi connectivity index (χ0v) is 11.2. The fourth-order valence-electron chi connectivity index (χ4n) is 1.82. The lowest BCUT2D eigenvalue weighted by atomic mass is 10.3. The number of likely N-dealkylation sites (N-methyl/N-ethyl adjacent to an activating group) is 1. The predicted molar refractivity (Wildman–Crippen MR) is 70.0 cm³/mol. The zero-order chi connectivity index (χ0) is 12.0. The maximum Gasteiger partial charge on any atom is 0.223 e. The zero-order valence-electron chi connectivity index (χ0n) is 10.4. The molecule has 1 rings (SSSR count). The molecule has 1 amide bonds. The summed E-state index contributed by atoms with van der Waals surface area (Å²) in [7, 11) is 4.18. The number of nitrogens with zero attached hydrogens (tertiary/aromatic N) is 3. The van der Waals surface area contributed by atoms with Gasteiger partial charge in [-0.05, 0) is 19.8 Å². The van der Waals surface area contributed by atoms with Crippen LogP contribution < -0.4 is 0 Å². The Morgan fingerprint density at radius 1 is 1.25 bits per heavy atom. The third-order valence-electron chi connectivity index (χ3n) is 2.91. The molecule has 0 aromatic carbocycles. The van der Waals surface area contributed by atoms with Crippen LogP contribution in [0.25, 0.3) is 0 Å². The minimum atomic E-state index is 0.252. The van der Waals surface area contributed by atoms with E-state index in [2.05, 4.69) is 36.5 Å². The molecule has 0 bridgehead atoms. The van der Waals surface area contributed by atoms with Gasteiger partial charge >= 0.3 is 0 Å². The maximum atomic E-state index is 11.6. The Labute approximate surface area is 104 Å². The number of amides is 1. The van der Waals surface area contributed by atoms with Gasteiger partial charge in [0.05, 0.1) is 0 Å². The smallest absolute Gasteiger partial charge is 0.223 e. The largest absolute Gasteiger partial charge is 0.340 e. The van der Waals surface area contributed by atoms with Crippen LogP contribution in [0, 0.1) is 0 Å². The number of thiol groups is 1. The molecule has 0 spiro atoms. The summed E-state index contributed by atoms with van der Waals surface area (Å²) in [6.07, 6.45) is 0.570. The van der Waals surface area contributed by atoms with Gasteiger partial charge in [-0.3, -0.25) is 9.69 Å². The third kappa shape index (κ3) is 4.72. The van der Waals surface area contributed by atoms with Crippen LogP contribution in [0.5, 0.6) is 0 Å². The first kappa shape index (κ1) is 13.8. The average Bonchev–Trinajstić information content (AvgIpc) is 2.27. The highest BCUT2D eigenvalue weighted by Gasteiger charge is 2.19. The van der Waals surface area contributed by atoms with Crippen molar-refractivity contribution < 1.29 is 4.79 Å². The second-order valence-electron chi connectivity index (χ2n) is 4.50. The van der Waals surface area contributed by atoms with Crippen molar-refractivity contribution in [1.82, 2.24) is 14.7 Å². The Hall–Kier alpha value is -0.260. The molecule has 0 aromatic rings. The van der Waals surface area contributed by atoms with E-state index >= 15 is 0 Å². The average molecular weight is 245 g/mol. The van der Waals surface area contributed by atoms with E-state index < -0.39 is 0 Å². The molecule has 1 saturated heterocycles. The normalized spacial score (nSPS) is 18.1. The van der Waals surface area contributed by atoms with Gasteiger partial charge in [-0.2, -0.15) is 12.6 Å². The minimum absolute atomic E-state index is 0.252. The van der Waals surface area contributed by atoms with E-state index in [9.17, 15) is 4.79 Å². The summed E-state index contributed by atoms with van der Waals surface area (Å²) >= 11 is 4.09. The summed E-state index contributed by atoms with van der Waals surface area (Å²) < 4.78 is 0.